The van der Waals surface area contributed by atoms with E-state index in [-0.39, 0.29) is 5.41 Å². The van der Waals surface area contributed by atoms with Gasteiger partial charge in [-0.15, -0.1) is 0 Å². The van der Waals surface area contributed by atoms with E-state index in [1.807, 2.05) is 0 Å². The summed E-state index contributed by atoms with van der Waals surface area (Å²) in [7, 11) is 0. The summed E-state index contributed by atoms with van der Waals surface area (Å²) in [6, 6.07) is 14.3. The number of allylic oxidation sites excluding steroid dienone is 2. The van der Waals surface area contributed by atoms with Crippen LogP contribution in [0.3, 0.4) is 0 Å². The van der Waals surface area contributed by atoms with Crippen LogP contribution in [0.5, 0.6) is 0 Å². The van der Waals surface area contributed by atoms with Gasteiger partial charge in [-0.05, 0) is 76.3 Å². The molecule has 2 atom stereocenters. The molecule has 0 bridgehead atoms. The smallest absolute Gasteiger partial charge is 0.0120 e. The Morgan fingerprint density at radius 1 is 0.657 bits per heavy atom. The number of rotatable bonds is 10. The van der Waals surface area contributed by atoms with E-state index in [2.05, 4.69) is 104 Å². The molecule has 0 radical (unpaired) electrons. The highest BCUT2D eigenvalue weighted by atomic mass is 14.5. The van der Waals surface area contributed by atoms with E-state index in [0.717, 1.165) is 0 Å². The molecule has 2 unspecified atom stereocenters. The van der Waals surface area contributed by atoms with Gasteiger partial charge in [0.2, 0.25) is 0 Å². The lowest BCUT2D eigenvalue weighted by atomic mass is 9.60. The van der Waals surface area contributed by atoms with Crippen molar-refractivity contribution in [1.82, 2.24) is 0 Å². The molecular formula is C35H48. The normalized spacial score (nSPS) is 19.3. The summed E-state index contributed by atoms with van der Waals surface area (Å²) < 4.78 is 0. The Hall–Kier alpha value is -2.08. The highest BCUT2D eigenvalue weighted by molar-refractivity contribution is 5.74. The van der Waals surface area contributed by atoms with Crippen LogP contribution in [0, 0.1) is 17.3 Å². The molecule has 0 amide bonds. The predicted octanol–water partition coefficient (Wildman–Crippen LogP) is 10.4. The Balaban J connectivity index is 1.84. The van der Waals surface area contributed by atoms with Gasteiger partial charge in [0.25, 0.3) is 0 Å². The van der Waals surface area contributed by atoms with Crippen molar-refractivity contribution in [2.45, 2.75) is 106 Å². The summed E-state index contributed by atoms with van der Waals surface area (Å²) in [6.07, 6.45) is 12.6. The van der Waals surface area contributed by atoms with Gasteiger partial charge < -0.3 is 0 Å². The fourth-order valence-electron chi connectivity index (χ4n) is 6.98. The van der Waals surface area contributed by atoms with Crippen LogP contribution in [-0.4, -0.2) is 0 Å². The third-order valence-corrected chi connectivity index (χ3v) is 8.79. The average Bonchev–Trinajstić information content (AvgIpc) is 3.42. The molecule has 2 aromatic rings. The zero-order valence-corrected chi connectivity index (χ0v) is 23.7. The molecular weight excluding hydrogens is 420 g/mol. The molecule has 2 aliphatic carbocycles. The van der Waals surface area contributed by atoms with E-state index in [0.29, 0.717) is 23.7 Å². The largest absolute Gasteiger partial charge is 0.0654 e. The topological polar surface area (TPSA) is 0 Å². The molecule has 0 nitrogen and oxygen atoms in total. The van der Waals surface area contributed by atoms with E-state index >= 15 is 0 Å². The van der Waals surface area contributed by atoms with Crippen molar-refractivity contribution in [2.24, 2.45) is 17.3 Å². The van der Waals surface area contributed by atoms with Crippen LogP contribution in [-0.2, 0) is 12.8 Å². The first-order valence-electron chi connectivity index (χ1n) is 14.4. The molecule has 4 rings (SSSR count). The highest BCUT2D eigenvalue weighted by Gasteiger charge is 2.48. The summed E-state index contributed by atoms with van der Waals surface area (Å²) in [4.78, 5) is 0. The lowest BCUT2D eigenvalue weighted by Gasteiger charge is -2.43. The van der Waals surface area contributed by atoms with Crippen LogP contribution in [0.4, 0.5) is 0 Å². The van der Waals surface area contributed by atoms with Gasteiger partial charge >= 0.3 is 0 Å². The third kappa shape index (κ3) is 4.71. The van der Waals surface area contributed by atoms with E-state index < -0.39 is 0 Å². The van der Waals surface area contributed by atoms with Crippen LogP contribution in [0.2, 0.25) is 0 Å². The Labute approximate surface area is 215 Å². The minimum Gasteiger partial charge on any atom is -0.0654 e. The number of benzene rings is 2. The molecule has 2 aromatic carbocycles. The minimum atomic E-state index is 0.0927. The van der Waals surface area contributed by atoms with Crippen LogP contribution in [0.25, 0.3) is 12.2 Å². The molecule has 0 spiro atoms. The molecule has 0 fully saturated rings. The number of hydrogen-bond donors (Lipinski definition) is 0. The summed E-state index contributed by atoms with van der Waals surface area (Å²) >= 11 is 0. The maximum Gasteiger partial charge on any atom is 0.0120 e. The molecule has 188 valence electrons. The molecule has 0 saturated carbocycles. The van der Waals surface area contributed by atoms with Crippen LogP contribution in [0.15, 0.2) is 47.5 Å². The van der Waals surface area contributed by atoms with Gasteiger partial charge in [-0.25, -0.2) is 0 Å². The Kier molecular flexibility index (Phi) is 7.80. The number of unbranched alkanes of at least 4 members (excludes halogenated alkanes) is 2. The highest BCUT2D eigenvalue weighted by Crippen LogP contribution is 2.61. The van der Waals surface area contributed by atoms with Gasteiger partial charge in [0.15, 0.2) is 0 Å². The van der Waals surface area contributed by atoms with Crippen molar-refractivity contribution in [3.05, 3.63) is 80.9 Å². The van der Waals surface area contributed by atoms with Gasteiger partial charge in [-0.2, -0.15) is 0 Å². The fourth-order valence-corrected chi connectivity index (χ4v) is 6.98. The number of hydrogen-bond acceptors (Lipinski definition) is 0. The van der Waals surface area contributed by atoms with Crippen molar-refractivity contribution in [3.8, 4) is 0 Å². The lowest BCUT2D eigenvalue weighted by molar-refractivity contribution is 0.258. The van der Waals surface area contributed by atoms with Crippen LogP contribution >= 0.6 is 0 Å². The van der Waals surface area contributed by atoms with E-state index in [1.165, 1.54) is 49.7 Å². The molecule has 0 aliphatic heterocycles. The van der Waals surface area contributed by atoms with Crippen molar-refractivity contribution in [2.75, 3.05) is 0 Å². The molecule has 2 aliphatic rings. The van der Waals surface area contributed by atoms with Crippen molar-refractivity contribution >= 4 is 12.2 Å². The maximum absolute atomic E-state index is 2.59. The van der Waals surface area contributed by atoms with E-state index in [4.69, 9.17) is 0 Å². The Bertz CT molecular complexity index is 1020. The first kappa shape index (κ1) is 26.0. The van der Waals surface area contributed by atoms with Crippen molar-refractivity contribution in [1.29, 1.82) is 0 Å². The fraction of sp³-hybridized carbons (Fsp3) is 0.543. The molecule has 35 heavy (non-hydrogen) atoms. The summed E-state index contributed by atoms with van der Waals surface area (Å²) in [5, 5.41) is 0. The lowest BCUT2D eigenvalue weighted by Crippen LogP contribution is -2.32. The van der Waals surface area contributed by atoms with Gasteiger partial charge in [-0.3, -0.25) is 0 Å². The monoisotopic (exact) mass is 468 g/mol. The van der Waals surface area contributed by atoms with E-state index in [1.54, 1.807) is 33.4 Å². The van der Waals surface area contributed by atoms with E-state index in [9.17, 15) is 0 Å². The van der Waals surface area contributed by atoms with Crippen molar-refractivity contribution < 1.29 is 0 Å². The van der Waals surface area contributed by atoms with Crippen molar-refractivity contribution in [3.63, 3.8) is 0 Å². The Morgan fingerprint density at radius 2 is 1.06 bits per heavy atom. The van der Waals surface area contributed by atoms with Gasteiger partial charge in [0, 0.05) is 11.8 Å². The average molecular weight is 469 g/mol. The number of aryl methyl sites for hydroxylation is 2. The second-order valence-electron chi connectivity index (χ2n) is 12.3. The Morgan fingerprint density at radius 3 is 1.40 bits per heavy atom. The van der Waals surface area contributed by atoms with Crippen LogP contribution in [0.1, 0.15) is 126 Å². The second kappa shape index (κ2) is 10.5. The standard InChI is InChI=1S/C35H48/c1-9-11-15-25-17-13-19-27-31(25)21-29(23(3)4)33(27)35(7,8)34-28-20-14-18-26(16-12-10-2)32(28)22-30(34)24(5)6/h13-14,17-24,33-34H,9-12,15-16H2,1-8H3. The molecule has 0 N–H and O–H groups in total. The molecule has 0 heterocycles. The first-order chi connectivity index (χ1) is 16.7. The second-order valence-corrected chi connectivity index (χ2v) is 12.3. The first-order valence-corrected chi connectivity index (χ1v) is 14.4. The van der Waals surface area contributed by atoms with Gasteiger partial charge in [-0.1, -0.05) is 128 Å². The molecule has 0 heteroatoms. The zero-order chi connectivity index (χ0) is 25.3. The summed E-state index contributed by atoms with van der Waals surface area (Å²) in [5.74, 6) is 2.01. The summed E-state index contributed by atoms with van der Waals surface area (Å²) in [6.45, 7) is 19.3. The zero-order valence-electron chi connectivity index (χ0n) is 23.7. The summed E-state index contributed by atoms with van der Waals surface area (Å²) in [5.41, 5.74) is 12.7. The van der Waals surface area contributed by atoms with Gasteiger partial charge in [0.05, 0.1) is 0 Å². The predicted molar refractivity (Wildman–Crippen MR) is 155 cm³/mol. The van der Waals surface area contributed by atoms with Gasteiger partial charge in [0.1, 0.15) is 0 Å². The SMILES string of the molecule is CCCCc1cccc2c1C=C(C(C)C)C2C(C)(C)C1C(C(C)C)=Cc2c(CCCC)cccc21. The third-order valence-electron chi connectivity index (χ3n) is 8.79. The quantitative estimate of drug-likeness (QED) is 0.325. The van der Waals surface area contributed by atoms with Crippen LogP contribution < -0.4 is 0 Å². The number of fused-ring (bicyclic) bond motifs is 2. The molecule has 0 saturated heterocycles. The molecule has 0 aromatic heterocycles. The minimum absolute atomic E-state index is 0.0927. The maximum atomic E-state index is 2.59.